The van der Waals surface area contributed by atoms with Gasteiger partial charge in [-0.25, -0.2) is 9.78 Å². The van der Waals surface area contributed by atoms with E-state index >= 15 is 0 Å². The molecule has 4 bridgehead atoms. The molecule has 1 N–H and O–H groups in total. The highest BCUT2D eigenvalue weighted by Gasteiger charge is 2.50. The topological polar surface area (TPSA) is 81.3 Å². The van der Waals surface area contributed by atoms with E-state index in [0.29, 0.717) is 11.2 Å². The minimum atomic E-state index is -0.542. The molecule has 2 aromatic carbocycles. The van der Waals surface area contributed by atoms with Crippen molar-refractivity contribution in [3.63, 3.8) is 0 Å². The lowest BCUT2D eigenvalue weighted by atomic mass is 9.48. The average molecular weight is 569 g/mol. The number of carbonyl (C=O) groups is 2. The summed E-state index contributed by atoms with van der Waals surface area (Å²) in [6, 6.07) is 14.0. The second kappa shape index (κ2) is 11.3. The minimum absolute atomic E-state index is 0.195. The molecule has 42 heavy (non-hydrogen) atoms. The Morgan fingerprint density at radius 2 is 1.64 bits per heavy atom. The van der Waals surface area contributed by atoms with Crippen molar-refractivity contribution in [1.29, 1.82) is 0 Å². The number of H-pyrrole nitrogens is 1. The number of hydrogen-bond acceptors (Lipinski definition) is 5. The Kier molecular flexibility index (Phi) is 7.75. The minimum Gasteiger partial charge on any atom is -0.460 e. The van der Waals surface area contributed by atoms with Crippen LogP contribution in [0.5, 0.6) is 0 Å². The van der Waals surface area contributed by atoms with Crippen molar-refractivity contribution in [2.24, 2.45) is 23.2 Å². The van der Waals surface area contributed by atoms with Crippen LogP contribution in [0.3, 0.4) is 0 Å². The molecular formula is C36H44N2O4. The Morgan fingerprint density at radius 3 is 2.29 bits per heavy atom. The Morgan fingerprint density at radius 1 is 0.976 bits per heavy atom. The molecule has 7 rings (SSSR count). The first-order chi connectivity index (χ1) is 20.0. The molecule has 0 radical (unpaired) electrons. The number of nitrogens with zero attached hydrogens (tertiary/aromatic N) is 1. The Balaban J connectivity index is 1.24. The molecule has 1 aromatic heterocycles. The number of rotatable bonds is 9. The van der Waals surface area contributed by atoms with E-state index in [-0.39, 0.29) is 24.7 Å². The van der Waals surface area contributed by atoms with E-state index in [1.807, 2.05) is 58.0 Å². The van der Waals surface area contributed by atoms with Crippen molar-refractivity contribution in [2.45, 2.75) is 97.7 Å². The third-order valence-corrected chi connectivity index (χ3v) is 9.69. The number of imidazole rings is 1. The second-order valence-electron chi connectivity index (χ2n) is 14.3. The smallest absolute Gasteiger partial charge is 0.358 e. The van der Waals surface area contributed by atoms with Crippen molar-refractivity contribution in [3.8, 4) is 11.4 Å². The molecule has 0 atom stereocenters. The van der Waals surface area contributed by atoms with Gasteiger partial charge in [-0.15, -0.1) is 0 Å². The van der Waals surface area contributed by atoms with Crippen LogP contribution in [-0.2, 0) is 33.7 Å². The van der Waals surface area contributed by atoms with Crippen LogP contribution in [0, 0.1) is 30.1 Å². The van der Waals surface area contributed by atoms with Crippen LogP contribution in [0.15, 0.2) is 48.7 Å². The summed E-state index contributed by atoms with van der Waals surface area (Å²) < 4.78 is 11.2. The molecule has 4 saturated carbocycles. The normalized spacial score (nSPS) is 24.5. The lowest BCUT2D eigenvalue weighted by molar-refractivity contribution is -0.153. The fraction of sp³-hybridized carbons (Fsp3) is 0.528. The molecule has 0 amide bonds. The molecule has 6 heteroatoms. The number of aryl methyl sites for hydroxylation is 1. The monoisotopic (exact) mass is 568 g/mol. The molecule has 0 unspecified atom stereocenters. The zero-order valence-corrected chi connectivity index (χ0v) is 25.5. The van der Waals surface area contributed by atoms with Gasteiger partial charge in [0.1, 0.15) is 18.0 Å². The van der Waals surface area contributed by atoms with E-state index in [0.717, 1.165) is 46.4 Å². The predicted octanol–water partition coefficient (Wildman–Crippen LogP) is 7.78. The van der Waals surface area contributed by atoms with E-state index in [4.69, 9.17) is 9.47 Å². The van der Waals surface area contributed by atoms with Gasteiger partial charge in [-0.05, 0) is 131 Å². The molecule has 0 saturated heterocycles. The molecule has 3 aromatic rings. The van der Waals surface area contributed by atoms with E-state index in [1.54, 1.807) is 6.20 Å². The van der Waals surface area contributed by atoms with Crippen LogP contribution < -0.4 is 0 Å². The van der Waals surface area contributed by atoms with Crippen molar-refractivity contribution in [1.82, 2.24) is 9.97 Å². The van der Waals surface area contributed by atoms with Crippen LogP contribution in [0.1, 0.15) is 98.5 Å². The first kappa shape index (κ1) is 28.7. The standard InChI is InChI=1S/C36H44N2O4/c1-23-29(17-32(39)42-35(2,3)4)15-25(10-11-36-18-26-12-27(19-36)14-28(13-26)20-36)16-30(23)33-37-21-31(38-33)34(40)41-22-24-8-6-5-7-9-24/h5-9,15-16,21,26-28H,10-14,17-20,22H2,1-4H3,(H,37,38). The number of nitrogens with one attached hydrogen (secondary N) is 1. The zero-order chi connectivity index (χ0) is 29.5. The Labute approximate surface area is 249 Å². The molecule has 6 nitrogen and oxygen atoms in total. The maximum atomic E-state index is 12.9. The highest BCUT2D eigenvalue weighted by molar-refractivity contribution is 5.88. The number of benzene rings is 2. The van der Waals surface area contributed by atoms with Crippen molar-refractivity contribution >= 4 is 11.9 Å². The van der Waals surface area contributed by atoms with Crippen LogP contribution >= 0.6 is 0 Å². The summed E-state index contributed by atoms with van der Waals surface area (Å²) >= 11 is 0. The van der Waals surface area contributed by atoms with Crippen LogP contribution in [0.25, 0.3) is 11.4 Å². The summed E-state index contributed by atoms with van der Waals surface area (Å²) in [6.45, 7) is 7.90. The molecule has 1 heterocycles. The molecule has 4 aliphatic rings. The maximum Gasteiger partial charge on any atom is 0.358 e. The van der Waals surface area contributed by atoms with Crippen molar-refractivity contribution in [2.75, 3.05) is 0 Å². The maximum absolute atomic E-state index is 12.9. The van der Waals surface area contributed by atoms with Gasteiger partial charge in [0.15, 0.2) is 5.69 Å². The highest BCUT2D eigenvalue weighted by atomic mass is 16.6. The quantitative estimate of drug-likeness (QED) is 0.267. The van der Waals surface area contributed by atoms with Gasteiger partial charge in [-0.2, -0.15) is 0 Å². The fourth-order valence-corrected chi connectivity index (χ4v) is 8.31. The van der Waals surface area contributed by atoms with Crippen LogP contribution in [0.2, 0.25) is 0 Å². The van der Waals surface area contributed by atoms with Crippen molar-refractivity contribution < 1.29 is 19.1 Å². The Bertz CT molecular complexity index is 1410. The fourth-order valence-electron chi connectivity index (χ4n) is 8.31. The highest BCUT2D eigenvalue weighted by Crippen LogP contribution is 2.61. The third kappa shape index (κ3) is 6.48. The van der Waals surface area contributed by atoms with Gasteiger partial charge in [-0.3, -0.25) is 4.79 Å². The van der Waals surface area contributed by atoms with E-state index in [9.17, 15) is 9.59 Å². The van der Waals surface area contributed by atoms with Crippen LogP contribution in [-0.4, -0.2) is 27.5 Å². The number of hydrogen-bond donors (Lipinski definition) is 1. The summed E-state index contributed by atoms with van der Waals surface area (Å²) in [4.78, 5) is 33.6. The van der Waals surface area contributed by atoms with Gasteiger partial charge < -0.3 is 14.5 Å². The van der Waals surface area contributed by atoms with E-state index in [2.05, 4.69) is 22.1 Å². The third-order valence-electron chi connectivity index (χ3n) is 9.69. The summed E-state index contributed by atoms with van der Waals surface area (Å²) in [6.07, 6.45) is 12.5. The van der Waals surface area contributed by atoms with Gasteiger partial charge in [-0.1, -0.05) is 36.4 Å². The molecular weight excluding hydrogens is 524 g/mol. The zero-order valence-electron chi connectivity index (χ0n) is 25.5. The van der Waals surface area contributed by atoms with Crippen molar-refractivity contribution in [3.05, 3.63) is 76.6 Å². The van der Waals surface area contributed by atoms with Crippen LogP contribution in [0.4, 0.5) is 0 Å². The number of aromatic amines is 1. The summed E-state index contributed by atoms with van der Waals surface area (Å²) in [7, 11) is 0. The number of ether oxygens (including phenoxy) is 2. The average Bonchev–Trinajstić information content (AvgIpc) is 3.41. The van der Waals surface area contributed by atoms with E-state index < -0.39 is 11.6 Å². The number of aromatic nitrogens is 2. The predicted molar refractivity (Wildman–Crippen MR) is 163 cm³/mol. The number of carbonyl (C=O) groups excluding carboxylic acids is 2. The second-order valence-corrected chi connectivity index (χ2v) is 14.3. The van der Waals surface area contributed by atoms with Gasteiger partial charge in [0.25, 0.3) is 0 Å². The molecule has 0 spiro atoms. The first-order valence-corrected chi connectivity index (χ1v) is 15.7. The lowest BCUT2D eigenvalue weighted by Crippen LogP contribution is -2.46. The first-order valence-electron chi connectivity index (χ1n) is 15.7. The molecule has 4 fully saturated rings. The molecule has 222 valence electrons. The summed E-state index contributed by atoms with van der Waals surface area (Å²) in [5, 5.41) is 0. The van der Waals surface area contributed by atoms with Gasteiger partial charge in [0.05, 0.1) is 6.42 Å². The summed E-state index contributed by atoms with van der Waals surface area (Å²) in [5.41, 5.74) is 5.16. The number of esters is 2. The molecule has 0 aliphatic heterocycles. The van der Waals surface area contributed by atoms with Gasteiger partial charge >= 0.3 is 11.9 Å². The summed E-state index contributed by atoms with van der Waals surface area (Å²) in [5.74, 6) is 2.69. The largest absolute Gasteiger partial charge is 0.460 e. The van der Waals surface area contributed by atoms with E-state index in [1.165, 1.54) is 50.5 Å². The Hall–Kier alpha value is -3.41. The lowest BCUT2D eigenvalue weighted by Gasteiger charge is -2.57. The van der Waals surface area contributed by atoms with Gasteiger partial charge in [0, 0.05) is 11.8 Å². The SMILES string of the molecule is Cc1c(CC(=O)OC(C)(C)C)cc(CCC23CC4CC(CC(C4)C2)C3)cc1-c1nc(C(=O)OCc2ccccc2)c[nH]1. The van der Waals surface area contributed by atoms with Gasteiger partial charge in [0.2, 0.25) is 0 Å². The molecule has 4 aliphatic carbocycles.